The minimum atomic E-state index is -0.498. The van der Waals surface area contributed by atoms with E-state index >= 15 is 0 Å². The van der Waals surface area contributed by atoms with Crippen LogP contribution in [0.4, 0.5) is 4.39 Å². The molecular formula is C17H22FN3O2. The van der Waals surface area contributed by atoms with Crippen molar-refractivity contribution in [2.45, 2.75) is 25.5 Å². The van der Waals surface area contributed by atoms with Gasteiger partial charge in [-0.05, 0) is 38.1 Å². The molecule has 0 spiro atoms. The standard InChI is InChI=1S/C17H22FN3O2/c1-23-14-4-5-15(16(18)10-14)17-19-6-9-21(17)12-13(22)11-20-7-2-3-8-20/h4-6,9-10,13,22H,2-3,7-8,11-12H2,1H3. The van der Waals surface area contributed by atoms with Crippen molar-refractivity contribution in [3.05, 3.63) is 36.4 Å². The molecule has 0 amide bonds. The molecule has 1 aliphatic heterocycles. The van der Waals surface area contributed by atoms with E-state index in [0.717, 1.165) is 13.1 Å². The summed E-state index contributed by atoms with van der Waals surface area (Å²) in [6.07, 6.45) is 5.29. The smallest absolute Gasteiger partial charge is 0.142 e. The van der Waals surface area contributed by atoms with Crippen molar-refractivity contribution in [3.63, 3.8) is 0 Å². The number of ether oxygens (including phenoxy) is 1. The van der Waals surface area contributed by atoms with Gasteiger partial charge in [0.15, 0.2) is 0 Å². The second kappa shape index (κ2) is 7.10. The number of hydrogen-bond donors (Lipinski definition) is 1. The monoisotopic (exact) mass is 319 g/mol. The lowest BCUT2D eigenvalue weighted by Gasteiger charge is -2.20. The minimum Gasteiger partial charge on any atom is -0.497 e. The molecule has 124 valence electrons. The van der Waals surface area contributed by atoms with Crippen LogP contribution >= 0.6 is 0 Å². The Balaban J connectivity index is 1.74. The van der Waals surface area contributed by atoms with Gasteiger partial charge in [0.05, 0.1) is 25.3 Å². The topological polar surface area (TPSA) is 50.5 Å². The van der Waals surface area contributed by atoms with E-state index in [-0.39, 0.29) is 5.82 Å². The van der Waals surface area contributed by atoms with Gasteiger partial charge in [-0.25, -0.2) is 9.37 Å². The fourth-order valence-electron chi connectivity index (χ4n) is 3.05. The SMILES string of the molecule is COc1ccc(-c2nccn2CC(O)CN2CCCC2)c(F)c1. The summed E-state index contributed by atoms with van der Waals surface area (Å²) in [5.74, 6) is 0.606. The lowest BCUT2D eigenvalue weighted by atomic mass is 10.2. The number of β-amino-alcohol motifs (C(OH)–C–C–N with tert-alkyl or cyclic N) is 1. The number of methoxy groups -OCH3 is 1. The molecule has 1 aliphatic rings. The number of aliphatic hydroxyl groups excluding tert-OH is 1. The fraction of sp³-hybridized carbons (Fsp3) is 0.471. The number of hydrogen-bond acceptors (Lipinski definition) is 4. The maximum absolute atomic E-state index is 14.2. The molecule has 3 rings (SSSR count). The van der Waals surface area contributed by atoms with Gasteiger partial charge in [-0.2, -0.15) is 0 Å². The predicted octanol–water partition coefficient (Wildman–Crippen LogP) is 2.15. The van der Waals surface area contributed by atoms with Crippen LogP contribution in [0.5, 0.6) is 5.75 Å². The van der Waals surface area contributed by atoms with Crippen molar-refractivity contribution in [2.24, 2.45) is 0 Å². The van der Waals surface area contributed by atoms with Crippen LogP contribution in [-0.4, -0.2) is 52.4 Å². The number of nitrogens with zero attached hydrogens (tertiary/aromatic N) is 3. The van der Waals surface area contributed by atoms with Crippen LogP contribution in [0.1, 0.15) is 12.8 Å². The molecule has 1 atom stereocenters. The lowest BCUT2D eigenvalue weighted by Crippen LogP contribution is -2.32. The molecule has 0 bridgehead atoms. The lowest BCUT2D eigenvalue weighted by molar-refractivity contribution is 0.109. The van der Waals surface area contributed by atoms with E-state index < -0.39 is 6.10 Å². The van der Waals surface area contributed by atoms with Crippen LogP contribution in [0.2, 0.25) is 0 Å². The number of likely N-dealkylation sites (tertiary alicyclic amines) is 1. The number of imidazole rings is 1. The van der Waals surface area contributed by atoms with Crippen LogP contribution in [0.3, 0.4) is 0 Å². The van der Waals surface area contributed by atoms with Gasteiger partial charge in [0.25, 0.3) is 0 Å². The average molecular weight is 319 g/mol. The molecule has 0 radical (unpaired) electrons. The van der Waals surface area contributed by atoms with Gasteiger partial charge < -0.3 is 19.3 Å². The third-order valence-corrected chi connectivity index (χ3v) is 4.21. The largest absolute Gasteiger partial charge is 0.497 e. The molecule has 1 fully saturated rings. The Hall–Kier alpha value is -1.92. The Morgan fingerprint density at radius 3 is 2.78 bits per heavy atom. The summed E-state index contributed by atoms with van der Waals surface area (Å²) in [4.78, 5) is 6.50. The molecular weight excluding hydrogens is 297 g/mol. The third kappa shape index (κ3) is 3.71. The van der Waals surface area contributed by atoms with Crippen molar-refractivity contribution in [3.8, 4) is 17.1 Å². The van der Waals surface area contributed by atoms with Gasteiger partial charge in [-0.15, -0.1) is 0 Å². The van der Waals surface area contributed by atoms with Crippen LogP contribution in [0, 0.1) is 5.82 Å². The zero-order valence-electron chi connectivity index (χ0n) is 13.3. The second-order valence-electron chi connectivity index (χ2n) is 5.91. The first-order valence-electron chi connectivity index (χ1n) is 7.93. The summed E-state index contributed by atoms with van der Waals surface area (Å²) in [5.41, 5.74) is 0.407. The Kier molecular flexibility index (Phi) is 4.93. The van der Waals surface area contributed by atoms with Gasteiger partial charge >= 0.3 is 0 Å². The molecule has 2 heterocycles. The van der Waals surface area contributed by atoms with E-state index in [1.165, 1.54) is 26.0 Å². The van der Waals surface area contributed by atoms with Crippen LogP contribution in [-0.2, 0) is 6.54 Å². The van der Waals surface area contributed by atoms with E-state index in [4.69, 9.17) is 4.74 Å². The quantitative estimate of drug-likeness (QED) is 0.886. The molecule has 0 aliphatic carbocycles. The summed E-state index contributed by atoms with van der Waals surface area (Å²) >= 11 is 0. The van der Waals surface area contributed by atoms with Crippen molar-refractivity contribution >= 4 is 0 Å². The molecule has 5 nitrogen and oxygen atoms in total. The Bertz CT molecular complexity index is 653. The number of benzene rings is 1. The number of rotatable bonds is 6. The van der Waals surface area contributed by atoms with Crippen molar-refractivity contribution < 1.29 is 14.2 Å². The highest BCUT2D eigenvalue weighted by molar-refractivity contribution is 5.58. The summed E-state index contributed by atoms with van der Waals surface area (Å²) in [6.45, 7) is 3.13. The number of halogens is 1. The molecule has 1 saturated heterocycles. The molecule has 0 saturated carbocycles. The van der Waals surface area contributed by atoms with Gasteiger partial charge in [-0.1, -0.05) is 0 Å². The molecule has 23 heavy (non-hydrogen) atoms. The van der Waals surface area contributed by atoms with E-state index in [0.29, 0.717) is 30.2 Å². The second-order valence-corrected chi connectivity index (χ2v) is 5.91. The van der Waals surface area contributed by atoms with Crippen LogP contribution in [0.25, 0.3) is 11.4 Å². The van der Waals surface area contributed by atoms with Gasteiger partial charge in [0.2, 0.25) is 0 Å². The van der Waals surface area contributed by atoms with Gasteiger partial charge in [0, 0.05) is 25.0 Å². The molecule has 1 aromatic heterocycles. The first kappa shape index (κ1) is 16.0. The van der Waals surface area contributed by atoms with Gasteiger partial charge in [0.1, 0.15) is 17.4 Å². The summed E-state index contributed by atoms with van der Waals surface area (Å²) < 4.78 is 21.1. The number of aliphatic hydroxyl groups is 1. The highest BCUT2D eigenvalue weighted by Gasteiger charge is 2.18. The molecule has 1 unspecified atom stereocenters. The van der Waals surface area contributed by atoms with Crippen molar-refractivity contribution in [1.82, 2.24) is 14.5 Å². The molecule has 6 heteroatoms. The molecule has 2 aromatic rings. The third-order valence-electron chi connectivity index (χ3n) is 4.21. The summed E-state index contributed by atoms with van der Waals surface area (Å²) in [5, 5.41) is 10.3. The summed E-state index contributed by atoms with van der Waals surface area (Å²) in [6, 6.07) is 4.70. The maximum atomic E-state index is 14.2. The normalized spacial score (nSPS) is 16.7. The number of aromatic nitrogens is 2. The van der Waals surface area contributed by atoms with E-state index in [9.17, 15) is 9.50 Å². The highest BCUT2D eigenvalue weighted by atomic mass is 19.1. The van der Waals surface area contributed by atoms with Gasteiger partial charge in [-0.3, -0.25) is 0 Å². The van der Waals surface area contributed by atoms with Crippen LogP contribution < -0.4 is 4.74 Å². The highest BCUT2D eigenvalue weighted by Crippen LogP contribution is 2.25. The van der Waals surface area contributed by atoms with E-state index in [2.05, 4.69) is 9.88 Å². The van der Waals surface area contributed by atoms with Crippen molar-refractivity contribution in [2.75, 3.05) is 26.7 Å². The zero-order valence-corrected chi connectivity index (χ0v) is 13.3. The average Bonchev–Trinajstić information content (AvgIpc) is 3.19. The minimum absolute atomic E-state index is 0.383. The van der Waals surface area contributed by atoms with E-state index in [1.807, 2.05) is 0 Å². The molecule has 1 aromatic carbocycles. The Morgan fingerprint density at radius 1 is 1.30 bits per heavy atom. The maximum Gasteiger partial charge on any atom is 0.142 e. The molecule has 1 N–H and O–H groups in total. The van der Waals surface area contributed by atoms with Crippen molar-refractivity contribution in [1.29, 1.82) is 0 Å². The fourth-order valence-corrected chi connectivity index (χ4v) is 3.05. The van der Waals surface area contributed by atoms with E-state index in [1.54, 1.807) is 29.1 Å². The first-order valence-corrected chi connectivity index (χ1v) is 7.93. The predicted molar refractivity (Wildman–Crippen MR) is 85.9 cm³/mol. The van der Waals surface area contributed by atoms with Crippen LogP contribution in [0.15, 0.2) is 30.6 Å². The summed E-state index contributed by atoms with van der Waals surface area (Å²) in [7, 11) is 1.50. The zero-order chi connectivity index (χ0) is 16.2. The first-order chi connectivity index (χ1) is 11.2. The Morgan fingerprint density at radius 2 is 2.09 bits per heavy atom. The Labute approximate surface area is 135 Å².